The smallest absolute Gasteiger partial charge is 0.373 e. The fourth-order valence-corrected chi connectivity index (χ4v) is 1.54. The highest BCUT2D eigenvalue weighted by atomic mass is 16.7. The SMILES string of the molecule is CCOC(=O)C1=C[C@@H]2CCO[C@@H]2O1. The van der Waals surface area contributed by atoms with Gasteiger partial charge in [-0.2, -0.15) is 0 Å². The first kappa shape index (κ1) is 8.56. The van der Waals surface area contributed by atoms with Gasteiger partial charge in [-0.3, -0.25) is 0 Å². The number of hydrogen-bond donors (Lipinski definition) is 0. The Labute approximate surface area is 76.5 Å². The second-order valence-electron chi connectivity index (χ2n) is 3.06. The number of hydrogen-bond acceptors (Lipinski definition) is 4. The quantitative estimate of drug-likeness (QED) is 0.596. The van der Waals surface area contributed by atoms with Crippen LogP contribution in [-0.4, -0.2) is 25.5 Å². The molecule has 72 valence electrons. The molecule has 4 nitrogen and oxygen atoms in total. The summed E-state index contributed by atoms with van der Waals surface area (Å²) in [4.78, 5) is 11.2. The Morgan fingerprint density at radius 3 is 3.31 bits per heavy atom. The van der Waals surface area contributed by atoms with Crippen molar-refractivity contribution >= 4 is 5.97 Å². The summed E-state index contributed by atoms with van der Waals surface area (Å²) in [5.41, 5.74) is 0. The highest BCUT2D eigenvalue weighted by molar-refractivity contribution is 5.86. The zero-order chi connectivity index (χ0) is 9.26. The van der Waals surface area contributed by atoms with Crippen LogP contribution in [0.1, 0.15) is 13.3 Å². The molecule has 2 rings (SSSR count). The Kier molecular flexibility index (Phi) is 2.22. The Bertz CT molecular complexity index is 246. The molecule has 4 heteroatoms. The molecule has 0 aromatic carbocycles. The molecule has 0 aromatic heterocycles. The highest BCUT2D eigenvalue weighted by Crippen LogP contribution is 2.32. The second-order valence-corrected chi connectivity index (χ2v) is 3.06. The van der Waals surface area contributed by atoms with Crippen LogP contribution in [0.25, 0.3) is 0 Å². The van der Waals surface area contributed by atoms with Crippen molar-refractivity contribution in [2.45, 2.75) is 19.6 Å². The maximum Gasteiger partial charge on any atom is 0.373 e. The van der Waals surface area contributed by atoms with Gasteiger partial charge in [-0.1, -0.05) is 0 Å². The zero-order valence-corrected chi connectivity index (χ0v) is 7.49. The van der Waals surface area contributed by atoms with Crippen LogP contribution in [0, 0.1) is 5.92 Å². The van der Waals surface area contributed by atoms with E-state index in [0.717, 1.165) is 6.42 Å². The molecule has 0 aromatic rings. The van der Waals surface area contributed by atoms with Gasteiger partial charge in [-0.05, 0) is 19.4 Å². The first-order valence-electron chi connectivity index (χ1n) is 4.48. The predicted molar refractivity (Wildman–Crippen MR) is 43.6 cm³/mol. The molecular formula is C9H12O4. The van der Waals surface area contributed by atoms with E-state index < -0.39 is 0 Å². The van der Waals surface area contributed by atoms with Crippen LogP contribution in [0.4, 0.5) is 0 Å². The first-order valence-corrected chi connectivity index (χ1v) is 4.48. The fraction of sp³-hybridized carbons (Fsp3) is 0.667. The maximum atomic E-state index is 11.2. The van der Waals surface area contributed by atoms with Crippen LogP contribution < -0.4 is 0 Å². The Morgan fingerprint density at radius 1 is 1.77 bits per heavy atom. The summed E-state index contributed by atoms with van der Waals surface area (Å²) in [5, 5.41) is 0. The Morgan fingerprint density at radius 2 is 2.62 bits per heavy atom. The largest absolute Gasteiger partial charge is 0.460 e. The van der Waals surface area contributed by atoms with Gasteiger partial charge >= 0.3 is 5.97 Å². The summed E-state index contributed by atoms with van der Waals surface area (Å²) in [7, 11) is 0. The average molecular weight is 184 g/mol. The van der Waals surface area contributed by atoms with Crippen LogP contribution >= 0.6 is 0 Å². The predicted octanol–water partition coefficient (Wildman–Crippen LogP) is 0.826. The molecule has 2 atom stereocenters. The van der Waals surface area contributed by atoms with Crippen LogP contribution in [0.5, 0.6) is 0 Å². The van der Waals surface area contributed by atoms with Crippen molar-refractivity contribution in [3.63, 3.8) is 0 Å². The third-order valence-electron chi connectivity index (χ3n) is 2.17. The number of carbonyl (C=O) groups excluding carboxylic acids is 1. The summed E-state index contributed by atoms with van der Waals surface area (Å²) in [6.07, 6.45) is 2.47. The van der Waals surface area contributed by atoms with Gasteiger partial charge in [0.1, 0.15) is 0 Å². The summed E-state index contributed by atoms with van der Waals surface area (Å²) in [6, 6.07) is 0. The molecule has 13 heavy (non-hydrogen) atoms. The van der Waals surface area contributed by atoms with E-state index in [1.54, 1.807) is 13.0 Å². The van der Waals surface area contributed by atoms with Gasteiger partial charge in [-0.15, -0.1) is 0 Å². The molecule has 0 spiro atoms. The van der Waals surface area contributed by atoms with Crippen LogP contribution in [0.15, 0.2) is 11.8 Å². The van der Waals surface area contributed by atoms with E-state index in [2.05, 4.69) is 0 Å². The number of fused-ring (bicyclic) bond motifs is 1. The second kappa shape index (κ2) is 3.38. The third kappa shape index (κ3) is 1.54. The lowest BCUT2D eigenvalue weighted by molar-refractivity contribution is -0.148. The topological polar surface area (TPSA) is 44.8 Å². The van der Waals surface area contributed by atoms with Crippen molar-refractivity contribution in [3.05, 3.63) is 11.8 Å². The van der Waals surface area contributed by atoms with E-state index in [0.29, 0.717) is 19.0 Å². The maximum absolute atomic E-state index is 11.2. The summed E-state index contributed by atoms with van der Waals surface area (Å²) >= 11 is 0. The molecule has 0 aliphatic carbocycles. The summed E-state index contributed by atoms with van der Waals surface area (Å²) in [5.74, 6) is 0.149. The van der Waals surface area contributed by atoms with Crippen molar-refractivity contribution in [1.82, 2.24) is 0 Å². The zero-order valence-electron chi connectivity index (χ0n) is 7.49. The van der Waals surface area contributed by atoms with Crippen molar-refractivity contribution in [1.29, 1.82) is 0 Å². The van der Waals surface area contributed by atoms with Gasteiger partial charge in [0, 0.05) is 5.92 Å². The van der Waals surface area contributed by atoms with E-state index in [9.17, 15) is 4.79 Å². The standard InChI is InChI=1S/C9H12O4/c1-2-11-8(10)7-5-6-3-4-12-9(6)13-7/h5-6,9H,2-4H2,1H3/t6-,9+/m0/s1. The highest BCUT2D eigenvalue weighted by Gasteiger charge is 2.37. The lowest BCUT2D eigenvalue weighted by Gasteiger charge is -2.09. The van der Waals surface area contributed by atoms with Gasteiger partial charge < -0.3 is 14.2 Å². The van der Waals surface area contributed by atoms with Gasteiger partial charge in [0.25, 0.3) is 0 Å². The molecule has 0 saturated carbocycles. The lowest BCUT2D eigenvalue weighted by Crippen LogP contribution is -2.14. The minimum absolute atomic E-state index is 0.236. The number of carbonyl (C=O) groups is 1. The Balaban J connectivity index is 1.99. The van der Waals surface area contributed by atoms with Crippen LogP contribution in [-0.2, 0) is 19.0 Å². The molecule has 0 radical (unpaired) electrons. The molecule has 2 heterocycles. The van der Waals surface area contributed by atoms with Gasteiger partial charge in [0.15, 0.2) is 0 Å². The molecule has 1 fully saturated rings. The molecule has 2 aliphatic rings. The fourth-order valence-electron chi connectivity index (χ4n) is 1.54. The van der Waals surface area contributed by atoms with Crippen LogP contribution in [0.3, 0.4) is 0 Å². The van der Waals surface area contributed by atoms with Crippen molar-refractivity contribution < 1.29 is 19.0 Å². The van der Waals surface area contributed by atoms with Gasteiger partial charge in [-0.25, -0.2) is 4.79 Å². The molecule has 0 unspecified atom stereocenters. The molecule has 0 N–H and O–H groups in total. The number of ether oxygens (including phenoxy) is 3. The van der Waals surface area contributed by atoms with Crippen LogP contribution in [0.2, 0.25) is 0 Å². The van der Waals surface area contributed by atoms with Crippen molar-refractivity contribution in [2.75, 3.05) is 13.2 Å². The summed E-state index contributed by atoms with van der Waals surface area (Å²) in [6.45, 7) is 2.85. The Hall–Kier alpha value is -1.03. The third-order valence-corrected chi connectivity index (χ3v) is 2.17. The van der Waals surface area contributed by atoms with E-state index in [4.69, 9.17) is 14.2 Å². The minimum atomic E-state index is -0.388. The summed E-state index contributed by atoms with van der Waals surface area (Å²) < 4.78 is 15.3. The normalized spacial score (nSPS) is 30.7. The van der Waals surface area contributed by atoms with Gasteiger partial charge in [0.05, 0.1) is 13.2 Å². The minimum Gasteiger partial charge on any atom is -0.460 e. The van der Waals surface area contributed by atoms with E-state index in [1.807, 2.05) is 0 Å². The molecular weight excluding hydrogens is 172 g/mol. The first-order chi connectivity index (χ1) is 6.31. The van der Waals surface area contributed by atoms with E-state index in [1.165, 1.54) is 0 Å². The van der Waals surface area contributed by atoms with Crippen molar-refractivity contribution in [3.8, 4) is 0 Å². The lowest BCUT2D eigenvalue weighted by atomic mass is 10.1. The average Bonchev–Trinajstić information content (AvgIpc) is 2.61. The van der Waals surface area contributed by atoms with Crippen molar-refractivity contribution in [2.24, 2.45) is 5.92 Å². The molecule has 0 amide bonds. The molecule has 1 saturated heterocycles. The monoisotopic (exact) mass is 184 g/mol. The molecule has 2 aliphatic heterocycles. The number of rotatable bonds is 2. The van der Waals surface area contributed by atoms with E-state index in [-0.39, 0.29) is 18.2 Å². The number of esters is 1. The van der Waals surface area contributed by atoms with Gasteiger partial charge in [0.2, 0.25) is 12.0 Å². The molecule has 0 bridgehead atoms. The van der Waals surface area contributed by atoms with E-state index >= 15 is 0 Å².